The van der Waals surface area contributed by atoms with E-state index in [0.717, 1.165) is 0 Å². The van der Waals surface area contributed by atoms with Gasteiger partial charge in [0, 0.05) is 22.6 Å². The highest BCUT2D eigenvalue weighted by Gasteiger charge is 2.36. The lowest BCUT2D eigenvalue weighted by Gasteiger charge is -2.30. The molecule has 2 aromatic heterocycles. The molecule has 178 valence electrons. The van der Waals surface area contributed by atoms with Crippen molar-refractivity contribution in [3.63, 3.8) is 0 Å². The van der Waals surface area contributed by atoms with Gasteiger partial charge in [0.2, 0.25) is 5.75 Å². The maximum absolute atomic E-state index is 14.8. The van der Waals surface area contributed by atoms with Crippen molar-refractivity contribution in [2.45, 2.75) is 38.6 Å². The highest BCUT2D eigenvalue weighted by molar-refractivity contribution is 5.90. The van der Waals surface area contributed by atoms with Crippen LogP contribution in [-0.4, -0.2) is 47.7 Å². The monoisotopic (exact) mass is 471 g/mol. The number of carbonyl (C=O) groups is 1. The van der Waals surface area contributed by atoms with Gasteiger partial charge in [-0.3, -0.25) is 9.78 Å². The summed E-state index contributed by atoms with van der Waals surface area (Å²) in [5, 5.41) is 0. The van der Waals surface area contributed by atoms with Crippen molar-refractivity contribution in [2.24, 2.45) is 0 Å². The van der Waals surface area contributed by atoms with Gasteiger partial charge < -0.3 is 18.9 Å². The van der Waals surface area contributed by atoms with E-state index in [1.54, 1.807) is 18.2 Å². The van der Waals surface area contributed by atoms with E-state index in [9.17, 15) is 9.18 Å². The first-order valence-electron chi connectivity index (χ1n) is 12.4. The summed E-state index contributed by atoms with van der Waals surface area (Å²) in [6.07, 6.45) is -0.730. The van der Waals surface area contributed by atoms with Gasteiger partial charge in [-0.2, -0.15) is 0 Å². The van der Waals surface area contributed by atoms with Crippen molar-refractivity contribution >= 4 is 5.78 Å². The standard InChI is InChI=1S/C25H26FN3O5/c1-25(2)22(30)12-18-19(34-25)7-6-15(28-18)11-17-16(26)13-27-23(29-17)10-14-8-20(31-3)24(33-5)21(9-14)32-4/h6-9,13H,10-12H2,1-5H3/i1D3,13D. The number of fused-ring (bicyclic) bond motifs is 1. The molecule has 3 aromatic rings. The Labute approximate surface area is 202 Å². The van der Waals surface area contributed by atoms with Crippen molar-refractivity contribution in [2.75, 3.05) is 21.3 Å². The summed E-state index contributed by atoms with van der Waals surface area (Å²) < 4.78 is 67.5. The molecule has 0 amide bonds. The van der Waals surface area contributed by atoms with E-state index in [2.05, 4.69) is 15.0 Å². The minimum atomic E-state index is -2.65. The lowest BCUT2D eigenvalue weighted by molar-refractivity contribution is -0.132. The summed E-state index contributed by atoms with van der Waals surface area (Å²) in [6, 6.07) is 6.48. The molecule has 34 heavy (non-hydrogen) atoms. The zero-order chi connectivity index (χ0) is 27.8. The zero-order valence-corrected chi connectivity index (χ0v) is 19.2. The quantitative estimate of drug-likeness (QED) is 0.517. The SMILES string of the molecule is [2H]c1nc(Cc2cc(OC)c(OC)c(OC)c2)nc(Cc2ccc3c(n2)CC(=O)C(C)(C([2H])([2H])[2H])O3)c1F. The Hall–Kier alpha value is -3.75. The van der Waals surface area contributed by atoms with Crippen molar-refractivity contribution in [1.82, 2.24) is 15.0 Å². The molecule has 0 radical (unpaired) electrons. The summed E-state index contributed by atoms with van der Waals surface area (Å²) >= 11 is 0. The number of nitrogens with zero attached hydrogens (tertiary/aromatic N) is 3. The highest BCUT2D eigenvalue weighted by atomic mass is 19.1. The van der Waals surface area contributed by atoms with Gasteiger partial charge in [-0.1, -0.05) is 0 Å². The summed E-state index contributed by atoms with van der Waals surface area (Å²) in [7, 11) is 4.47. The molecule has 1 aliphatic heterocycles. The van der Waals surface area contributed by atoms with Gasteiger partial charge in [0.1, 0.15) is 11.6 Å². The molecule has 0 spiro atoms. The molecule has 1 aromatic carbocycles. The molecule has 1 unspecified atom stereocenters. The molecule has 3 heterocycles. The Balaban J connectivity index is 1.62. The number of halogens is 1. The number of methoxy groups -OCH3 is 3. The van der Waals surface area contributed by atoms with E-state index in [4.69, 9.17) is 24.4 Å². The van der Waals surface area contributed by atoms with Crippen LogP contribution in [0.4, 0.5) is 4.39 Å². The van der Waals surface area contributed by atoms with Crippen molar-refractivity contribution < 1.29 is 33.6 Å². The lowest BCUT2D eigenvalue weighted by atomic mass is 9.95. The normalized spacial score (nSPS) is 19.1. The number of carbonyl (C=O) groups excluding carboxylic acids is 1. The van der Waals surface area contributed by atoms with Gasteiger partial charge in [-0.25, -0.2) is 14.4 Å². The van der Waals surface area contributed by atoms with E-state index < -0.39 is 30.2 Å². The Kier molecular flexibility index (Phi) is 5.07. The van der Waals surface area contributed by atoms with Crippen LogP contribution in [0.5, 0.6) is 23.0 Å². The van der Waals surface area contributed by atoms with Crippen LogP contribution in [0.2, 0.25) is 0 Å². The van der Waals surface area contributed by atoms with Gasteiger partial charge in [0.25, 0.3) is 0 Å². The Morgan fingerprint density at radius 2 is 1.88 bits per heavy atom. The molecule has 0 bridgehead atoms. The van der Waals surface area contributed by atoms with Gasteiger partial charge >= 0.3 is 0 Å². The third-order valence-electron chi connectivity index (χ3n) is 5.40. The highest BCUT2D eigenvalue weighted by Crippen LogP contribution is 2.38. The van der Waals surface area contributed by atoms with Crippen LogP contribution in [0.25, 0.3) is 0 Å². The second-order valence-corrected chi connectivity index (χ2v) is 7.88. The molecular weight excluding hydrogens is 441 g/mol. The largest absolute Gasteiger partial charge is 0.493 e. The number of benzene rings is 1. The third kappa shape index (κ3) is 4.64. The van der Waals surface area contributed by atoms with Gasteiger partial charge in [-0.05, 0) is 43.6 Å². The Bertz CT molecular complexity index is 1380. The van der Waals surface area contributed by atoms with E-state index in [1.807, 2.05) is 0 Å². The topological polar surface area (TPSA) is 92.7 Å². The maximum Gasteiger partial charge on any atom is 0.203 e. The van der Waals surface area contributed by atoms with Gasteiger partial charge in [0.15, 0.2) is 28.7 Å². The fraction of sp³-hybridized carbons (Fsp3) is 0.360. The number of ketones is 1. The average molecular weight is 472 g/mol. The van der Waals surface area contributed by atoms with E-state index >= 15 is 0 Å². The third-order valence-corrected chi connectivity index (χ3v) is 5.40. The molecule has 0 saturated heterocycles. The van der Waals surface area contributed by atoms with Gasteiger partial charge in [0.05, 0.1) is 46.7 Å². The minimum Gasteiger partial charge on any atom is -0.493 e. The second kappa shape index (κ2) is 9.24. The molecule has 4 rings (SSSR count). The van der Waals surface area contributed by atoms with Crippen molar-refractivity contribution in [3.8, 4) is 23.0 Å². The number of aromatic nitrogens is 3. The number of hydrogen-bond acceptors (Lipinski definition) is 8. The number of ether oxygens (including phenoxy) is 4. The zero-order valence-electron chi connectivity index (χ0n) is 23.2. The van der Waals surface area contributed by atoms with Crippen molar-refractivity contribution in [1.29, 1.82) is 0 Å². The summed E-state index contributed by atoms with van der Waals surface area (Å²) in [5.74, 6) is 0.148. The molecule has 0 N–H and O–H groups in total. The molecule has 0 aliphatic carbocycles. The maximum atomic E-state index is 14.8. The van der Waals surface area contributed by atoms with Crippen LogP contribution < -0.4 is 18.9 Å². The predicted octanol–water partition coefficient (Wildman–Crippen LogP) is 3.50. The smallest absolute Gasteiger partial charge is 0.203 e. The van der Waals surface area contributed by atoms with Crippen LogP contribution in [-0.2, 0) is 24.1 Å². The minimum absolute atomic E-state index is 0.0460. The number of Topliss-reactive ketones (excluding diaryl/α,β-unsaturated/α-hetero) is 1. The van der Waals surface area contributed by atoms with Crippen LogP contribution in [0.1, 0.15) is 47.7 Å². The summed E-state index contributed by atoms with van der Waals surface area (Å²) in [6.45, 7) is -1.41. The summed E-state index contributed by atoms with van der Waals surface area (Å²) in [4.78, 5) is 25.3. The molecule has 8 nitrogen and oxygen atoms in total. The molecule has 1 atom stereocenters. The van der Waals surface area contributed by atoms with Crippen LogP contribution in [0.3, 0.4) is 0 Å². The second-order valence-electron chi connectivity index (χ2n) is 7.88. The first-order valence-corrected chi connectivity index (χ1v) is 10.4. The van der Waals surface area contributed by atoms with Crippen LogP contribution >= 0.6 is 0 Å². The van der Waals surface area contributed by atoms with Crippen LogP contribution in [0, 0.1) is 5.82 Å². The van der Waals surface area contributed by atoms with E-state index in [0.29, 0.717) is 28.5 Å². The molecule has 0 saturated carbocycles. The van der Waals surface area contributed by atoms with E-state index in [1.165, 1.54) is 34.3 Å². The molecular formula is C25H26FN3O5. The number of pyridine rings is 1. The molecule has 1 aliphatic rings. The van der Waals surface area contributed by atoms with E-state index in [-0.39, 0.29) is 42.2 Å². The van der Waals surface area contributed by atoms with Gasteiger partial charge in [-0.15, -0.1) is 0 Å². The fourth-order valence-electron chi connectivity index (χ4n) is 3.65. The van der Waals surface area contributed by atoms with Crippen molar-refractivity contribution in [3.05, 3.63) is 64.7 Å². The molecule has 0 fully saturated rings. The first-order chi connectivity index (χ1) is 17.9. The predicted molar refractivity (Wildman–Crippen MR) is 121 cm³/mol. The summed E-state index contributed by atoms with van der Waals surface area (Å²) in [5.41, 5.74) is -0.698. The number of rotatable bonds is 7. The Morgan fingerprint density at radius 1 is 1.15 bits per heavy atom. The molecule has 9 heteroatoms. The van der Waals surface area contributed by atoms with Crippen LogP contribution in [0.15, 0.2) is 30.4 Å². The first kappa shape index (κ1) is 18.7. The fourth-order valence-corrected chi connectivity index (χ4v) is 3.65. The lowest BCUT2D eigenvalue weighted by Crippen LogP contribution is -2.43. The number of hydrogen-bond donors (Lipinski definition) is 0. The average Bonchev–Trinajstić information content (AvgIpc) is 2.86. The Morgan fingerprint density at radius 3 is 2.53 bits per heavy atom.